The third-order valence-electron chi connectivity index (χ3n) is 2.62. The minimum absolute atomic E-state index is 0.00267. The zero-order valence-electron chi connectivity index (χ0n) is 10.6. The van der Waals surface area contributed by atoms with E-state index in [-0.39, 0.29) is 11.9 Å². The quantitative estimate of drug-likeness (QED) is 0.800. The molecule has 1 amide bonds. The average molecular weight is 254 g/mol. The maximum atomic E-state index is 11.8. The second kappa shape index (κ2) is 6.65. The van der Waals surface area contributed by atoms with E-state index < -0.39 is 5.38 Å². The Balaban J connectivity index is 2.51. The molecule has 17 heavy (non-hydrogen) atoms. The van der Waals surface area contributed by atoms with Crippen molar-refractivity contribution >= 4 is 17.5 Å². The van der Waals surface area contributed by atoms with Crippen LogP contribution in [0.2, 0.25) is 0 Å². The van der Waals surface area contributed by atoms with Gasteiger partial charge < -0.3 is 5.32 Å². The highest BCUT2D eigenvalue weighted by Gasteiger charge is 2.18. The topological polar surface area (TPSA) is 29.1 Å². The fourth-order valence-corrected chi connectivity index (χ4v) is 2.07. The minimum atomic E-state index is -0.443. The van der Waals surface area contributed by atoms with Crippen LogP contribution in [0.25, 0.3) is 0 Å². The smallest absolute Gasteiger partial charge is 0.238 e. The SMILES string of the molecule is CC(C)C[C@H](Cl)C(=O)N[C@H](C)c1ccccc1. The molecule has 1 aromatic carbocycles. The first-order valence-corrected chi connectivity index (χ1v) is 6.43. The summed E-state index contributed by atoms with van der Waals surface area (Å²) >= 11 is 6.05. The number of carbonyl (C=O) groups is 1. The lowest BCUT2D eigenvalue weighted by molar-refractivity contribution is -0.121. The number of benzene rings is 1. The van der Waals surface area contributed by atoms with E-state index in [1.807, 2.05) is 37.3 Å². The van der Waals surface area contributed by atoms with Gasteiger partial charge in [-0.2, -0.15) is 0 Å². The van der Waals surface area contributed by atoms with Crippen molar-refractivity contribution in [2.24, 2.45) is 5.92 Å². The normalized spacial score (nSPS) is 14.4. The molecule has 0 unspecified atom stereocenters. The second-order valence-corrected chi connectivity index (χ2v) is 5.26. The molecule has 94 valence electrons. The summed E-state index contributed by atoms with van der Waals surface area (Å²) in [6.45, 7) is 6.08. The molecular formula is C14H20ClNO. The van der Waals surface area contributed by atoms with Gasteiger partial charge in [0.2, 0.25) is 5.91 Å². The Kier molecular flexibility index (Phi) is 5.49. The molecule has 2 atom stereocenters. The van der Waals surface area contributed by atoms with Gasteiger partial charge in [-0.3, -0.25) is 4.79 Å². The fourth-order valence-electron chi connectivity index (χ4n) is 1.65. The first kappa shape index (κ1) is 14.0. The van der Waals surface area contributed by atoms with Crippen LogP contribution in [0.4, 0.5) is 0 Å². The Morgan fingerprint density at radius 3 is 2.35 bits per heavy atom. The summed E-state index contributed by atoms with van der Waals surface area (Å²) in [5.41, 5.74) is 1.09. The molecule has 0 spiro atoms. The van der Waals surface area contributed by atoms with Crippen LogP contribution in [0.3, 0.4) is 0 Å². The van der Waals surface area contributed by atoms with Gasteiger partial charge in [0.15, 0.2) is 0 Å². The Morgan fingerprint density at radius 2 is 1.82 bits per heavy atom. The first-order valence-electron chi connectivity index (χ1n) is 6.00. The van der Waals surface area contributed by atoms with Crippen molar-refractivity contribution in [2.45, 2.75) is 38.6 Å². The summed E-state index contributed by atoms with van der Waals surface area (Å²) < 4.78 is 0. The van der Waals surface area contributed by atoms with Crippen LogP contribution in [0.15, 0.2) is 30.3 Å². The molecule has 3 heteroatoms. The molecule has 0 aliphatic heterocycles. The van der Waals surface area contributed by atoms with Gasteiger partial charge in [0.25, 0.3) is 0 Å². The largest absolute Gasteiger partial charge is 0.348 e. The Morgan fingerprint density at radius 1 is 1.24 bits per heavy atom. The Hall–Kier alpha value is -1.02. The lowest BCUT2D eigenvalue weighted by atomic mass is 10.1. The maximum Gasteiger partial charge on any atom is 0.238 e. The first-order chi connectivity index (χ1) is 8.00. The maximum absolute atomic E-state index is 11.8. The third kappa shape index (κ3) is 4.78. The van der Waals surface area contributed by atoms with Crippen molar-refractivity contribution < 1.29 is 4.79 Å². The number of carbonyl (C=O) groups excluding carboxylic acids is 1. The Bertz CT molecular complexity index is 350. The molecule has 0 saturated heterocycles. The standard InChI is InChI=1S/C14H20ClNO/c1-10(2)9-13(15)14(17)16-11(3)12-7-5-4-6-8-12/h4-8,10-11,13H,9H2,1-3H3,(H,16,17)/t11-,13+/m1/s1. The summed E-state index contributed by atoms with van der Waals surface area (Å²) in [7, 11) is 0. The van der Waals surface area contributed by atoms with Crippen LogP contribution in [-0.2, 0) is 4.79 Å². The zero-order chi connectivity index (χ0) is 12.8. The van der Waals surface area contributed by atoms with E-state index in [9.17, 15) is 4.79 Å². The summed E-state index contributed by atoms with van der Waals surface area (Å²) in [4.78, 5) is 11.8. The number of hydrogen-bond donors (Lipinski definition) is 1. The van der Waals surface area contributed by atoms with Crippen molar-refractivity contribution in [3.05, 3.63) is 35.9 Å². The van der Waals surface area contributed by atoms with E-state index >= 15 is 0 Å². The summed E-state index contributed by atoms with van der Waals surface area (Å²) in [5.74, 6) is 0.340. The predicted octanol–water partition coefficient (Wildman–Crippen LogP) is 3.52. The average Bonchev–Trinajstić information content (AvgIpc) is 2.29. The van der Waals surface area contributed by atoms with E-state index in [1.54, 1.807) is 0 Å². The van der Waals surface area contributed by atoms with Gasteiger partial charge in [-0.1, -0.05) is 44.2 Å². The molecule has 0 aliphatic carbocycles. The van der Waals surface area contributed by atoms with Crippen LogP contribution in [0, 0.1) is 5.92 Å². The molecule has 1 rings (SSSR count). The van der Waals surface area contributed by atoms with Gasteiger partial charge in [0.1, 0.15) is 5.38 Å². The number of nitrogens with one attached hydrogen (secondary N) is 1. The lowest BCUT2D eigenvalue weighted by Gasteiger charge is -2.17. The molecule has 0 aromatic heterocycles. The number of hydrogen-bond acceptors (Lipinski definition) is 1. The van der Waals surface area contributed by atoms with E-state index in [1.165, 1.54) is 0 Å². The van der Waals surface area contributed by atoms with Gasteiger partial charge in [0, 0.05) is 0 Å². The summed E-state index contributed by atoms with van der Waals surface area (Å²) in [6, 6.07) is 9.88. The van der Waals surface area contributed by atoms with Crippen LogP contribution >= 0.6 is 11.6 Å². The lowest BCUT2D eigenvalue weighted by Crippen LogP contribution is -2.34. The van der Waals surface area contributed by atoms with Crippen molar-refractivity contribution in [3.63, 3.8) is 0 Å². The molecule has 0 aliphatic rings. The van der Waals surface area contributed by atoms with Gasteiger partial charge in [0.05, 0.1) is 6.04 Å². The van der Waals surface area contributed by atoms with Gasteiger partial charge in [-0.05, 0) is 24.8 Å². The number of rotatable bonds is 5. The van der Waals surface area contributed by atoms with Crippen molar-refractivity contribution in [1.29, 1.82) is 0 Å². The van der Waals surface area contributed by atoms with Gasteiger partial charge >= 0.3 is 0 Å². The highest BCUT2D eigenvalue weighted by atomic mass is 35.5. The van der Waals surface area contributed by atoms with E-state index in [4.69, 9.17) is 11.6 Å². The fraction of sp³-hybridized carbons (Fsp3) is 0.500. The van der Waals surface area contributed by atoms with Crippen LogP contribution in [-0.4, -0.2) is 11.3 Å². The van der Waals surface area contributed by atoms with Crippen LogP contribution in [0.1, 0.15) is 38.8 Å². The number of halogens is 1. The molecule has 0 fully saturated rings. The van der Waals surface area contributed by atoms with E-state index in [2.05, 4.69) is 19.2 Å². The predicted molar refractivity (Wildman–Crippen MR) is 72.1 cm³/mol. The monoisotopic (exact) mass is 253 g/mol. The molecular weight excluding hydrogens is 234 g/mol. The number of alkyl halides is 1. The van der Waals surface area contributed by atoms with Gasteiger partial charge in [-0.25, -0.2) is 0 Å². The van der Waals surface area contributed by atoms with Crippen LogP contribution in [0.5, 0.6) is 0 Å². The third-order valence-corrected chi connectivity index (χ3v) is 3.00. The Labute approximate surface area is 108 Å². The van der Waals surface area contributed by atoms with Crippen LogP contribution < -0.4 is 5.32 Å². The molecule has 0 saturated carbocycles. The van der Waals surface area contributed by atoms with Crippen molar-refractivity contribution in [2.75, 3.05) is 0 Å². The molecule has 0 heterocycles. The van der Waals surface area contributed by atoms with Gasteiger partial charge in [-0.15, -0.1) is 11.6 Å². The molecule has 1 N–H and O–H groups in total. The summed E-state index contributed by atoms with van der Waals surface area (Å²) in [6.07, 6.45) is 0.703. The molecule has 0 bridgehead atoms. The van der Waals surface area contributed by atoms with Crippen molar-refractivity contribution in [3.8, 4) is 0 Å². The summed E-state index contributed by atoms with van der Waals surface area (Å²) in [5, 5.41) is 2.49. The van der Waals surface area contributed by atoms with E-state index in [0.29, 0.717) is 12.3 Å². The number of amides is 1. The second-order valence-electron chi connectivity index (χ2n) is 4.74. The van der Waals surface area contributed by atoms with Crippen molar-refractivity contribution in [1.82, 2.24) is 5.32 Å². The molecule has 0 radical (unpaired) electrons. The van der Waals surface area contributed by atoms with E-state index in [0.717, 1.165) is 5.56 Å². The highest BCUT2D eigenvalue weighted by molar-refractivity contribution is 6.30. The minimum Gasteiger partial charge on any atom is -0.348 e. The zero-order valence-corrected chi connectivity index (χ0v) is 11.4. The highest BCUT2D eigenvalue weighted by Crippen LogP contribution is 2.15. The molecule has 2 nitrogen and oxygen atoms in total. The molecule has 1 aromatic rings.